The smallest absolute Gasteiger partial charge is 0.212 e. The van der Waals surface area contributed by atoms with Crippen LogP contribution in [0.3, 0.4) is 0 Å². The number of rotatable bonds is 8. The minimum atomic E-state index is -3.15. The summed E-state index contributed by atoms with van der Waals surface area (Å²) in [4.78, 5) is 0. The predicted molar refractivity (Wildman–Crippen MR) is 72.5 cm³/mol. The molecule has 2 N–H and O–H groups in total. The molecule has 0 rings (SSSR count). The number of thioether (sulfide) groups is 1. The number of nitrogens with one attached hydrogen (secondary N) is 2. The fraction of sp³-hybridized carbons (Fsp3) is 1.00. The van der Waals surface area contributed by atoms with Crippen LogP contribution in [0.4, 0.5) is 0 Å². The Morgan fingerprint density at radius 1 is 1.31 bits per heavy atom. The molecule has 0 bridgehead atoms. The first kappa shape index (κ1) is 16.2. The zero-order valence-electron chi connectivity index (χ0n) is 10.8. The number of hydrogen-bond donors (Lipinski definition) is 2. The lowest BCUT2D eigenvalue weighted by molar-refractivity contribution is 0.559. The van der Waals surface area contributed by atoms with Gasteiger partial charge in [0, 0.05) is 23.9 Å². The van der Waals surface area contributed by atoms with Gasteiger partial charge in [-0.25, -0.2) is 13.1 Å². The normalized spacial score (nSPS) is 13.4. The molecule has 16 heavy (non-hydrogen) atoms. The van der Waals surface area contributed by atoms with E-state index in [-0.39, 0.29) is 10.5 Å². The first-order valence-corrected chi connectivity index (χ1v) is 8.32. The molecular weight excluding hydrogens is 244 g/mol. The van der Waals surface area contributed by atoms with E-state index in [0.717, 1.165) is 0 Å². The van der Waals surface area contributed by atoms with Crippen molar-refractivity contribution in [3.63, 3.8) is 0 Å². The molecule has 0 saturated carbocycles. The quantitative estimate of drug-likeness (QED) is 0.691. The van der Waals surface area contributed by atoms with Crippen LogP contribution in [0.15, 0.2) is 0 Å². The van der Waals surface area contributed by atoms with Crippen molar-refractivity contribution in [2.75, 3.05) is 25.1 Å². The summed E-state index contributed by atoms with van der Waals surface area (Å²) in [6, 6.07) is 0.317. The minimum absolute atomic E-state index is 0.0570. The number of hydrogen-bond acceptors (Lipinski definition) is 4. The predicted octanol–water partition coefficient (Wildman–Crippen LogP) is 1.05. The first-order valence-electron chi connectivity index (χ1n) is 5.44. The molecule has 0 saturated heterocycles. The minimum Gasteiger partial charge on any atom is -0.313 e. The van der Waals surface area contributed by atoms with Gasteiger partial charge in [-0.2, -0.15) is 11.8 Å². The summed E-state index contributed by atoms with van der Waals surface area (Å²) in [7, 11) is -3.15. The van der Waals surface area contributed by atoms with Crippen molar-refractivity contribution in [1.29, 1.82) is 0 Å². The highest BCUT2D eigenvalue weighted by molar-refractivity contribution is 8.00. The Morgan fingerprint density at radius 3 is 2.31 bits per heavy atom. The lowest BCUT2D eigenvalue weighted by atomic mass is 10.2. The molecule has 6 heteroatoms. The van der Waals surface area contributed by atoms with Crippen molar-refractivity contribution in [3.8, 4) is 0 Å². The van der Waals surface area contributed by atoms with Crippen LogP contribution >= 0.6 is 11.8 Å². The Labute approximate surface area is 104 Å². The molecule has 0 aromatic carbocycles. The Hall–Kier alpha value is 0.220. The third kappa shape index (κ3) is 8.38. The molecule has 0 spiro atoms. The molecular formula is C10H24N2O2S2. The second-order valence-corrected chi connectivity index (χ2v) is 8.15. The van der Waals surface area contributed by atoms with E-state index in [4.69, 9.17) is 0 Å². The maximum Gasteiger partial charge on any atom is 0.212 e. The van der Waals surface area contributed by atoms with Gasteiger partial charge >= 0.3 is 0 Å². The van der Waals surface area contributed by atoms with Crippen molar-refractivity contribution in [3.05, 3.63) is 0 Å². The highest BCUT2D eigenvalue weighted by Crippen LogP contribution is 2.19. The fourth-order valence-electron chi connectivity index (χ4n) is 0.910. The molecule has 0 amide bonds. The molecule has 0 radical (unpaired) electrons. The summed E-state index contributed by atoms with van der Waals surface area (Å²) in [6.45, 7) is 9.00. The molecule has 0 unspecified atom stereocenters. The molecule has 98 valence electrons. The summed E-state index contributed by atoms with van der Waals surface area (Å²) in [6.07, 6.45) is 1.98. The van der Waals surface area contributed by atoms with E-state index in [1.54, 1.807) is 11.8 Å². The van der Waals surface area contributed by atoms with E-state index in [9.17, 15) is 8.42 Å². The average molecular weight is 268 g/mol. The fourth-order valence-corrected chi connectivity index (χ4v) is 2.33. The van der Waals surface area contributed by atoms with Crippen LogP contribution in [0.2, 0.25) is 0 Å². The van der Waals surface area contributed by atoms with Gasteiger partial charge < -0.3 is 5.32 Å². The average Bonchev–Trinajstić information content (AvgIpc) is 2.14. The monoisotopic (exact) mass is 268 g/mol. The summed E-state index contributed by atoms with van der Waals surface area (Å²) in [5.74, 6) is 0.135. The van der Waals surface area contributed by atoms with Crippen molar-refractivity contribution in [2.45, 2.75) is 38.5 Å². The van der Waals surface area contributed by atoms with Crippen LogP contribution in [0, 0.1) is 0 Å². The van der Waals surface area contributed by atoms with E-state index in [0.29, 0.717) is 19.1 Å². The van der Waals surface area contributed by atoms with E-state index in [1.807, 2.05) is 34.0 Å². The summed E-state index contributed by atoms with van der Waals surface area (Å²) < 4.78 is 25.8. The zero-order chi connectivity index (χ0) is 12.8. The number of sulfonamides is 1. The van der Waals surface area contributed by atoms with Gasteiger partial charge in [0.05, 0.1) is 5.75 Å². The summed E-state index contributed by atoms with van der Waals surface area (Å²) in [5.41, 5.74) is 0. The highest BCUT2D eigenvalue weighted by Gasteiger charge is 2.19. The van der Waals surface area contributed by atoms with Crippen molar-refractivity contribution < 1.29 is 8.42 Å². The largest absolute Gasteiger partial charge is 0.313 e. The summed E-state index contributed by atoms with van der Waals surface area (Å²) >= 11 is 1.65. The Morgan fingerprint density at radius 2 is 1.88 bits per heavy atom. The highest BCUT2D eigenvalue weighted by atomic mass is 32.2. The van der Waals surface area contributed by atoms with E-state index >= 15 is 0 Å². The van der Waals surface area contributed by atoms with E-state index < -0.39 is 10.0 Å². The van der Waals surface area contributed by atoms with E-state index in [1.165, 1.54) is 0 Å². The van der Waals surface area contributed by atoms with Crippen molar-refractivity contribution >= 4 is 21.8 Å². The maximum absolute atomic E-state index is 11.6. The lowest BCUT2D eigenvalue weighted by Crippen LogP contribution is -2.40. The molecule has 0 aliphatic carbocycles. The van der Waals surface area contributed by atoms with Crippen molar-refractivity contribution in [2.24, 2.45) is 0 Å². The molecule has 0 atom stereocenters. The van der Waals surface area contributed by atoms with Gasteiger partial charge in [-0.1, -0.05) is 13.8 Å². The molecule has 0 aromatic heterocycles. The van der Waals surface area contributed by atoms with Crippen LogP contribution < -0.4 is 10.0 Å². The van der Waals surface area contributed by atoms with Crippen LogP contribution in [-0.2, 0) is 10.0 Å². The third-order valence-electron chi connectivity index (χ3n) is 2.19. The SMILES string of the molecule is CSC(C)(C)CNS(=O)(=O)CCNC(C)C. The topological polar surface area (TPSA) is 58.2 Å². The van der Waals surface area contributed by atoms with Gasteiger partial charge in [0.15, 0.2) is 0 Å². The standard InChI is InChI=1S/C10H24N2O2S2/c1-9(2)11-6-7-16(13,14)12-8-10(3,4)15-5/h9,11-12H,6-8H2,1-5H3. The van der Waals surface area contributed by atoms with Gasteiger partial charge in [0.2, 0.25) is 10.0 Å². The van der Waals surface area contributed by atoms with Gasteiger partial charge in [-0.3, -0.25) is 0 Å². The molecule has 0 aliphatic heterocycles. The zero-order valence-corrected chi connectivity index (χ0v) is 12.5. The van der Waals surface area contributed by atoms with Gasteiger partial charge in [-0.15, -0.1) is 0 Å². The third-order valence-corrected chi connectivity index (χ3v) is 4.77. The molecule has 0 fully saturated rings. The Balaban J connectivity index is 3.97. The molecule has 4 nitrogen and oxygen atoms in total. The van der Waals surface area contributed by atoms with Gasteiger partial charge in [-0.05, 0) is 20.1 Å². The first-order chi connectivity index (χ1) is 7.18. The van der Waals surface area contributed by atoms with Gasteiger partial charge in [0.25, 0.3) is 0 Å². The molecule has 0 aliphatic rings. The second-order valence-electron chi connectivity index (χ2n) is 4.71. The van der Waals surface area contributed by atoms with Crippen LogP contribution in [0.5, 0.6) is 0 Å². The van der Waals surface area contributed by atoms with Crippen LogP contribution in [-0.4, -0.2) is 44.3 Å². The molecule has 0 aromatic rings. The maximum atomic E-state index is 11.6. The second kappa shape index (κ2) is 6.83. The van der Waals surface area contributed by atoms with Gasteiger partial charge in [0.1, 0.15) is 0 Å². The van der Waals surface area contributed by atoms with E-state index in [2.05, 4.69) is 10.0 Å². The van der Waals surface area contributed by atoms with Crippen LogP contribution in [0.25, 0.3) is 0 Å². The molecule has 0 heterocycles. The lowest BCUT2D eigenvalue weighted by Gasteiger charge is -2.22. The Kier molecular flexibility index (Phi) is 6.93. The summed E-state index contributed by atoms with van der Waals surface area (Å²) in [5, 5.41) is 3.09. The van der Waals surface area contributed by atoms with Crippen LogP contribution in [0.1, 0.15) is 27.7 Å². The van der Waals surface area contributed by atoms with Crippen molar-refractivity contribution in [1.82, 2.24) is 10.0 Å². The Bertz CT molecular complexity index is 287.